The fourth-order valence-corrected chi connectivity index (χ4v) is 3.32. The number of benzene rings is 2. The average Bonchev–Trinajstić information content (AvgIpc) is 2.97. The number of ketones is 1. The highest BCUT2D eigenvalue weighted by atomic mass is 16.5. The van der Waals surface area contributed by atoms with Gasteiger partial charge in [0.1, 0.15) is 5.41 Å². The van der Waals surface area contributed by atoms with Crippen molar-refractivity contribution in [3.63, 3.8) is 0 Å². The molecule has 3 rings (SSSR count). The fourth-order valence-electron chi connectivity index (χ4n) is 3.32. The summed E-state index contributed by atoms with van der Waals surface area (Å²) < 4.78 is 4.64. The number of nitrogens with zero attached hydrogens (tertiary/aromatic N) is 2. The van der Waals surface area contributed by atoms with Crippen LogP contribution in [0.2, 0.25) is 0 Å². The molecule has 2 aromatic rings. The molecule has 0 bridgehead atoms. The molecule has 28 heavy (non-hydrogen) atoms. The molecule has 1 unspecified atom stereocenters. The molecule has 0 aliphatic carbocycles. The number of ether oxygens (including phenoxy) is 1. The Kier molecular flexibility index (Phi) is 5.27. The molecule has 1 fully saturated rings. The first-order chi connectivity index (χ1) is 13.4. The summed E-state index contributed by atoms with van der Waals surface area (Å²) in [4.78, 5) is 38.6. The molecule has 1 aliphatic heterocycles. The first-order valence-corrected chi connectivity index (χ1v) is 8.92. The van der Waals surface area contributed by atoms with Gasteiger partial charge in [0.2, 0.25) is 5.91 Å². The molecule has 142 valence electrons. The summed E-state index contributed by atoms with van der Waals surface area (Å²) in [7, 11) is 1.35. The third-order valence-corrected chi connectivity index (χ3v) is 5.22. The number of carbonyl (C=O) groups excluding carboxylic acids is 3. The highest BCUT2D eigenvalue weighted by Gasteiger charge is 2.51. The summed E-state index contributed by atoms with van der Waals surface area (Å²) in [6.07, 6.45) is 0.806. The lowest BCUT2D eigenvalue weighted by molar-refractivity contribution is -0.140. The van der Waals surface area contributed by atoms with E-state index in [0.29, 0.717) is 23.2 Å². The molecule has 1 atom stereocenters. The molecule has 0 saturated carbocycles. The summed E-state index contributed by atoms with van der Waals surface area (Å²) in [5.41, 5.74) is 1.39. The zero-order valence-corrected chi connectivity index (χ0v) is 15.8. The van der Waals surface area contributed by atoms with Crippen molar-refractivity contribution >= 4 is 23.3 Å². The van der Waals surface area contributed by atoms with Crippen LogP contribution in [0.4, 0.5) is 5.69 Å². The van der Waals surface area contributed by atoms with E-state index in [4.69, 9.17) is 5.26 Å². The quantitative estimate of drug-likeness (QED) is 0.591. The van der Waals surface area contributed by atoms with Crippen LogP contribution in [-0.2, 0) is 31.0 Å². The van der Waals surface area contributed by atoms with Crippen molar-refractivity contribution < 1.29 is 19.1 Å². The zero-order chi connectivity index (χ0) is 20.3. The summed E-state index contributed by atoms with van der Waals surface area (Å²) in [5, 5.41) is 8.91. The van der Waals surface area contributed by atoms with Crippen molar-refractivity contribution in [2.75, 3.05) is 18.6 Å². The number of anilines is 1. The van der Waals surface area contributed by atoms with Crippen molar-refractivity contribution in [1.29, 1.82) is 5.26 Å². The second kappa shape index (κ2) is 7.65. The molecular formula is C22H20N2O4. The number of nitriles is 1. The maximum Gasteiger partial charge on any atom is 0.305 e. The van der Waals surface area contributed by atoms with E-state index in [9.17, 15) is 14.4 Å². The van der Waals surface area contributed by atoms with E-state index in [2.05, 4.69) is 4.74 Å². The molecule has 1 saturated heterocycles. The molecule has 6 nitrogen and oxygen atoms in total. The minimum Gasteiger partial charge on any atom is -0.469 e. The van der Waals surface area contributed by atoms with Gasteiger partial charge in [0.25, 0.3) is 0 Å². The second-order valence-corrected chi connectivity index (χ2v) is 6.87. The molecular weight excluding hydrogens is 356 g/mol. The van der Waals surface area contributed by atoms with Gasteiger partial charge >= 0.3 is 5.97 Å². The molecule has 0 aromatic heterocycles. The monoisotopic (exact) mass is 376 g/mol. The van der Waals surface area contributed by atoms with Crippen molar-refractivity contribution in [3.8, 4) is 6.07 Å². The van der Waals surface area contributed by atoms with Crippen molar-refractivity contribution in [2.45, 2.75) is 25.2 Å². The van der Waals surface area contributed by atoms with Crippen molar-refractivity contribution in [3.05, 3.63) is 65.2 Å². The predicted octanol–water partition coefficient (Wildman–Crippen LogP) is 2.54. The molecule has 1 aliphatic rings. The Morgan fingerprint density at radius 3 is 2.36 bits per heavy atom. The number of esters is 1. The number of methoxy groups -OCH3 is 1. The van der Waals surface area contributed by atoms with Crippen molar-refractivity contribution in [1.82, 2.24) is 0 Å². The molecule has 6 heteroatoms. The van der Waals surface area contributed by atoms with Crippen LogP contribution in [0, 0.1) is 11.3 Å². The Balaban J connectivity index is 1.82. The SMILES string of the molecule is COC(=O)CCc1ccc(C2(C)C(=O)CN(c3ccc(C#N)cc3)C2=O)cc1. The van der Waals surface area contributed by atoms with E-state index in [-0.39, 0.29) is 30.6 Å². The van der Waals surface area contributed by atoms with E-state index in [1.54, 1.807) is 43.3 Å². The Hall–Kier alpha value is -3.46. The number of hydrogen-bond acceptors (Lipinski definition) is 5. The molecule has 1 heterocycles. The summed E-state index contributed by atoms with van der Waals surface area (Å²) in [5.74, 6) is -0.746. The second-order valence-electron chi connectivity index (χ2n) is 6.87. The van der Waals surface area contributed by atoms with E-state index < -0.39 is 5.41 Å². The summed E-state index contributed by atoms with van der Waals surface area (Å²) >= 11 is 0. The van der Waals surface area contributed by atoms with Crippen LogP contribution in [0.25, 0.3) is 0 Å². The number of amides is 1. The van der Waals surface area contributed by atoms with Crippen LogP contribution < -0.4 is 4.90 Å². The maximum atomic E-state index is 13.1. The van der Waals surface area contributed by atoms with Crippen LogP contribution in [-0.4, -0.2) is 31.3 Å². The van der Waals surface area contributed by atoms with Crippen LogP contribution >= 0.6 is 0 Å². The molecule has 1 amide bonds. The van der Waals surface area contributed by atoms with E-state index in [1.807, 2.05) is 18.2 Å². The van der Waals surface area contributed by atoms with Crippen LogP contribution in [0.15, 0.2) is 48.5 Å². The first kappa shape index (κ1) is 19.3. The third-order valence-electron chi connectivity index (χ3n) is 5.22. The largest absolute Gasteiger partial charge is 0.469 e. The van der Waals surface area contributed by atoms with E-state index in [0.717, 1.165) is 5.56 Å². The Morgan fingerprint density at radius 1 is 1.14 bits per heavy atom. The van der Waals surface area contributed by atoms with Crippen molar-refractivity contribution in [2.24, 2.45) is 0 Å². The number of rotatable bonds is 5. The van der Waals surface area contributed by atoms with Gasteiger partial charge in [-0.15, -0.1) is 0 Å². The van der Waals surface area contributed by atoms with Gasteiger partial charge < -0.3 is 9.64 Å². The lowest BCUT2D eigenvalue weighted by Crippen LogP contribution is -2.38. The maximum absolute atomic E-state index is 13.1. The van der Waals surface area contributed by atoms with Crippen LogP contribution in [0.5, 0.6) is 0 Å². The Morgan fingerprint density at radius 2 is 1.79 bits per heavy atom. The van der Waals surface area contributed by atoms with Gasteiger partial charge in [0, 0.05) is 12.1 Å². The zero-order valence-electron chi connectivity index (χ0n) is 15.8. The molecule has 0 N–H and O–H groups in total. The van der Waals surface area contributed by atoms with Gasteiger partial charge in [-0.05, 0) is 48.7 Å². The highest BCUT2D eigenvalue weighted by Crippen LogP contribution is 2.35. The minimum atomic E-state index is -1.26. The van der Waals surface area contributed by atoms with Gasteiger partial charge in [0.05, 0.1) is 25.3 Å². The normalized spacial score (nSPS) is 18.8. The number of Topliss-reactive ketones (excluding diaryl/α,β-unsaturated/α-hetero) is 1. The minimum absolute atomic E-state index is 0.00861. The fraction of sp³-hybridized carbons (Fsp3) is 0.273. The van der Waals surface area contributed by atoms with Gasteiger partial charge in [-0.2, -0.15) is 5.26 Å². The third kappa shape index (κ3) is 3.39. The number of hydrogen-bond donors (Lipinski definition) is 0. The average molecular weight is 376 g/mol. The van der Waals surface area contributed by atoms with Gasteiger partial charge in [-0.3, -0.25) is 14.4 Å². The number of carbonyl (C=O) groups is 3. The Bertz CT molecular complexity index is 958. The van der Waals surface area contributed by atoms with Gasteiger partial charge in [-0.25, -0.2) is 0 Å². The Labute approximate surface area is 163 Å². The summed E-state index contributed by atoms with van der Waals surface area (Å²) in [6, 6.07) is 15.8. The summed E-state index contributed by atoms with van der Waals surface area (Å²) in [6.45, 7) is 1.64. The smallest absolute Gasteiger partial charge is 0.305 e. The van der Waals surface area contributed by atoms with E-state index in [1.165, 1.54) is 12.0 Å². The van der Waals surface area contributed by atoms with E-state index >= 15 is 0 Å². The molecule has 0 spiro atoms. The van der Waals surface area contributed by atoms with Crippen LogP contribution in [0.3, 0.4) is 0 Å². The molecule has 2 aromatic carbocycles. The lowest BCUT2D eigenvalue weighted by Gasteiger charge is -2.23. The highest BCUT2D eigenvalue weighted by molar-refractivity contribution is 6.24. The van der Waals surface area contributed by atoms with Gasteiger partial charge in [0.15, 0.2) is 5.78 Å². The topological polar surface area (TPSA) is 87.5 Å². The molecule has 0 radical (unpaired) electrons. The van der Waals surface area contributed by atoms with Crippen LogP contribution in [0.1, 0.15) is 30.0 Å². The lowest BCUT2D eigenvalue weighted by atomic mass is 9.79. The van der Waals surface area contributed by atoms with Gasteiger partial charge in [-0.1, -0.05) is 24.3 Å². The first-order valence-electron chi connectivity index (χ1n) is 8.92. The standard InChI is InChI=1S/C22H20N2O4/c1-22(17-8-3-15(4-9-17)7-12-20(26)28-2)19(25)14-24(21(22)27)18-10-5-16(13-23)6-11-18/h3-6,8-11H,7,12,14H2,1-2H3. The predicted molar refractivity (Wildman–Crippen MR) is 103 cm³/mol. The number of aryl methyl sites for hydroxylation is 1.